The monoisotopic (exact) mass is 402 g/mol. The smallest absolute Gasteiger partial charge is 0.324 e. The molecule has 3 aromatic rings. The number of nitrogens with zero attached hydrogens (tertiary/aromatic N) is 3. The number of halogens is 3. The first kappa shape index (κ1) is 19.4. The van der Waals surface area contributed by atoms with Crippen LogP contribution in [-0.4, -0.2) is 20.7 Å². The van der Waals surface area contributed by atoms with Crippen LogP contribution < -0.4 is 5.32 Å². The number of carbonyl (C=O) groups is 1. The maximum atomic E-state index is 13.7. The lowest BCUT2D eigenvalue weighted by Gasteiger charge is -2.12. The Morgan fingerprint density at radius 3 is 2.59 bits per heavy atom. The quantitative estimate of drug-likeness (QED) is 0.676. The molecule has 0 unspecified atom stereocenters. The van der Waals surface area contributed by atoms with Crippen LogP contribution >= 0.6 is 0 Å². The van der Waals surface area contributed by atoms with Crippen molar-refractivity contribution >= 4 is 22.6 Å². The molecule has 4 rings (SSSR count). The van der Waals surface area contributed by atoms with Gasteiger partial charge in [-0.25, -0.2) is 9.67 Å². The number of amides is 1. The number of fused-ring (bicyclic) bond motifs is 1. The van der Waals surface area contributed by atoms with Gasteiger partial charge in [0, 0.05) is 17.3 Å². The van der Waals surface area contributed by atoms with Gasteiger partial charge in [0.2, 0.25) is 5.91 Å². The summed E-state index contributed by atoms with van der Waals surface area (Å²) in [6.45, 7) is 5.09. The van der Waals surface area contributed by atoms with Crippen molar-refractivity contribution in [3.8, 4) is 0 Å². The largest absolute Gasteiger partial charge is 0.417 e. The second-order valence-electron chi connectivity index (χ2n) is 7.67. The number of hydrogen-bond donors (Lipinski definition) is 1. The van der Waals surface area contributed by atoms with E-state index in [4.69, 9.17) is 0 Å². The first-order chi connectivity index (χ1) is 13.6. The number of nitrogens with one attached hydrogen (secondary N) is 1. The van der Waals surface area contributed by atoms with Crippen molar-refractivity contribution in [1.29, 1.82) is 0 Å². The molecule has 0 aliphatic heterocycles. The summed E-state index contributed by atoms with van der Waals surface area (Å²) in [5.74, 6) is -0.316. The van der Waals surface area contributed by atoms with Gasteiger partial charge in [0.05, 0.1) is 16.6 Å². The number of hydrogen-bond acceptors (Lipinski definition) is 3. The van der Waals surface area contributed by atoms with Crippen molar-refractivity contribution in [2.75, 3.05) is 5.32 Å². The molecule has 5 nitrogen and oxygen atoms in total. The molecule has 8 heteroatoms. The Bertz CT molecular complexity index is 1110. The lowest BCUT2D eigenvalue weighted by Crippen LogP contribution is -2.20. The highest BCUT2D eigenvalue weighted by atomic mass is 19.4. The number of alkyl halides is 3. The van der Waals surface area contributed by atoms with Crippen LogP contribution in [0, 0.1) is 20.8 Å². The molecule has 0 radical (unpaired) electrons. The number of aryl methyl sites for hydroxylation is 3. The van der Waals surface area contributed by atoms with Gasteiger partial charge in [-0.05, 0) is 56.9 Å². The SMILES string of the molecule is Cc1ccc(C)c(NC(=O)Cn2nc(C)c3c(C(F)(F)F)cc(C4CC4)nc32)c1. The summed E-state index contributed by atoms with van der Waals surface area (Å²) in [6.07, 6.45) is -2.85. The molecule has 0 atom stereocenters. The third-order valence-corrected chi connectivity index (χ3v) is 5.16. The van der Waals surface area contributed by atoms with E-state index in [9.17, 15) is 18.0 Å². The third-order valence-electron chi connectivity index (χ3n) is 5.16. The molecule has 1 fully saturated rings. The predicted molar refractivity (Wildman–Crippen MR) is 104 cm³/mol. The summed E-state index contributed by atoms with van der Waals surface area (Å²) in [5.41, 5.74) is 2.57. The van der Waals surface area contributed by atoms with E-state index < -0.39 is 11.7 Å². The molecule has 1 amide bonds. The molecule has 29 heavy (non-hydrogen) atoms. The van der Waals surface area contributed by atoms with Crippen molar-refractivity contribution in [3.05, 3.63) is 52.3 Å². The molecular weight excluding hydrogens is 381 g/mol. The number of aromatic nitrogens is 3. The summed E-state index contributed by atoms with van der Waals surface area (Å²) in [5, 5.41) is 6.98. The Kier molecular flexibility index (Phi) is 4.59. The van der Waals surface area contributed by atoms with E-state index in [1.807, 2.05) is 32.0 Å². The van der Waals surface area contributed by atoms with Crippen molar-refractivity contribution < 1.29 is 18.0 Å². The van der Waals surface area contributed by atoms with Crippen molar-refractivity contribution in [1.82, 2.24) is 14.8 Å². The number of carbonyl (C=O) groups excluding carboxylic acids is 1. The molecule has 1 aliphatic carbocycles. The van der Waals surface area contributed by atoms with Crippen LogP contribution in [0.4, 0.5) is 18.9 Å². The third kappa shape index (κ3) is 3.83. The van der Waals surface area contributed by atoms with Crippen molar-refractivity contribution in [3.63, 3.8) is 0 Å². The van der Waals surface area contributed by atoms with Crippen LogP contribution in [0.3, 0.4) is 0 Å². The molecule has 0 saturated heterocycles. The van der Waals surface area contributed by atoms with Gasteiger partial charge in [-0.3, -0.25) is 4.79 Å². The van der Waals surface area contributed by atoms with Gasteiger partial charge in [-0.2, -0.15) is 18.3 Å². The number of rotatable bonds is 4. The Morgan fingerprint density at radius 1 is 1.21 bits per heavy atom. The normalized spacial score (nSPS) is 14.4. The molecular formula is C21H21F3N4O. The zero-order chi connectivity index (χ0) is 20.9. The number of benzene rings is 1. The fraction of sp³-hybridized carbons (Fsp3) is 0.381. The van der Waals surface area contributed by atoms with Gasteiger partial charge in [0.15, 0.2) is 5.65 Å². The van der Waals surface area contributed by atoms with Gasteiger partial charge in [-0.1, -0.05) is 12.1 Å². The molecule has 0 spiro atoms. The van der Waals surface area contributed by atoms with E-state index in [-0.39, 0.29) is 35.1 Å². The van der Waals surface area contributed by atoms with Crippen LogP contribution in [0.5, 0.6) is 0 Å². The van der Waals surface area contributed by atoms with Gasteiger partial charge in [-0.15, -0.1) is 0 Å². The summed E-state index contributed by atoms with van der Waals surface area (Å²) in [6, 6.07) is 6.83. The Labute approximate surface area is 165 Å². The summed E-state index contributed by atoms with van der Waals surface area (Å²) >= 11 is 0. The molecule has 0 bridgehead atoms. The number of pyridine rings is 1. The highest BCUT2D eigenvalue weighted by Crippen LogP contribution is 2.43. The number of anilines is 1. The van der Waals surface area contributed by atoms with E-state index in [1.54, 1.807) is 0 Å². The summed E-state index contributed by atoms with van der Waals surface area (Å²) < 4.78 is 42.2. The fourth-order valence-electron chi connectivity index (χ4n) is 3.49. The minimum absolute atomic E-state index is 0.0403. The van der Waals surface area contributed by atoms with Crippen LogP contribution in [0.15, 0.2) is 24.3 Å². The van der Waals surface area contributed by atoms with Crippen LogP contribution in [0.1, 0.15) is 46.8 Å². The Balaban J connectivity index is 1.71. The minimum atomic E-state index is -4.51. The molecule has 1 N–H and O–H groups in total. The van der Waals surface area contributed by atoms with Crippen molar-refractivity contribution in [2.24, 2.45) is 0 Å². The predicted octanol–water partition coefficient (Wildman–Crippen LogP) is 4.89. The lowest BCUT2D eigenvalue weighted by atomic mass is 10.1. The summed E-state index contributed by atoms with van der Waals surface area (Å²) in [4.78, 5) is 17.0. The maximum absolute atomic E-state index is 13.7. The van der Waals surface area contributed by atoms with Crippen LogP contribution in [0.25, 0.3) is 11.0 Å². The topological polar surface area (TPSA) is 59.8 Å². The zero-order valence-electron chi connectivity index (χ0n) is 16.4. The first-order valence-corrected chi connectivity index (χ1v) is 9.46. The second kappa shape index (κ2) is 6.86. The molecule has 1 aromatic carbocycles. The highest BCUT2D eigenvalue weighted by molar-refractivity contribution is 5.92. The van der Waals surface area contributed by atoms with E-state index >= 15 is 0 Å². The fourth-order valence-corrected chi connectivity index (χ4v) is 3.49. The molecule has 2 aromatic heterocycles. The first-order valence-electron chi connectivity index (χ1n) is 9.46. The van der Waals surface area contributed by atoms with Gasteiger partial charge in [0.25, 0.3) is 0 Å². The Hall–Kier alpha value is -2.90. The highest BCUT2D eigenvalue weighted by Gasteiger charge is 2.37. The van der Waals surface area contributed by atoms with Gasteiger partial charge >= 0.3 is 6.18 Å². The van der Waals surface area contributed by atoms with Gasteiger partial charge < -0.3 is 5.32 Å². The minimum Gasteiger partial charge on any atom is -0.324 e. The summed E-state index contributed by atoms with van der Waals surface area (Å²) in [7, 11) is 0. The van der Waals surface area contributed by atoms with E-state index in [2.05, 4.69) is 15.4 Å². The zero-order valence-corrected chi connectivity index (χ0v) is 16.4. The van der Waals surface area contributed by atoms with Gasteiger partial charge in [0.1, 0.15) is 6.54 Å². The maximum Gasteiger partial charge on any atom is 0.417 e. The lowest BCUT2D eigenvalue weighted by molar-refractivity contribution is -0.136. The van der Waals surface area contributed by atoms with E-state index in [1.165, 1.54) is 11.6 Å². The average molecular weight is 402 g/mol. The standard InChI is InChI=1S/C21H21F3N4O/c1-11-4-5-12(2)16(8-11)25-18(29)10-28-20-19(13(3)27-28)15(21(22,23)24)9-17(26-20)14-6-7-14/h4-5,8-9,14H,6-7,10H2,1-3H3,(H,25,29). The molecule has 2 heterocycles. The van der Waals surface area contributed by atoms with Crippen LogP contribution in [0.2, 0.25) is 0 Å². The molecule has 152 valence electrons. The van der Waals surface area contributed by atoms with Crippen molar-refractivity contribution in [2.45, 2.75) is 52.3 Å². The average Bonchev–Trinajstić information content (AvgIpc) is 3.43. The van der Waals surface area contributed by atoms with E-state index in [0.717, 1.165) is 30.0 Å². The van der Waals surface area contributed by atoms with Crippen LogP contribution in [-0.2, 0) is 17.5 Å². The van der Waals surface area contributed by atoms with E-state index in [0.29, 0.717) is 11.4 Å². The second-order valence-corrected chi connectivity index (χ2v) is 7.67. The Morgan fingerprint density at radius 2 is 1.93 bits per heavy atom. The molecule has 1 aliphatic rings. The molecule has 1 saturated carbocycles.